The number of amides is 1. The molecule has 1 heterocycles. The number of thiophene rings is 1. The Hall–Kier alpha value is -2.55. The van der Waals surface area contributed by atoms with Crippen molar-refractivity contribution in [3.63, 3.8) is 0 Å². The van der Waals surface area contributed by atoms with E-state index in [1.54, 1.807) is 41.8 Å². The number of rotatable bonds is 6. The Morgan fingerprint density at radius 2 is 1.65 bits per heavy atom. The molecule has 0 aliphatic rings. The van der Waals surface area contributed by atoms with Crippen molar-refractivity contribution < 1.29 is 17.6 Å². The lowest BCUT2D eigenvalue weighted by Crippen LogP contribution is -2.36. The molecule has 1 unspecified atom stereocenters. The second-order valence-electron chi connectivity index (χ2n) is 5.39. The van der Waals surface area contributed by atoms with Gasteiger partial charge in [-0.05, 0) is 41.3 Å². The van der Waals surface area contributed by atoms with Crippen LogP contribution in [0.1, 0.15) is 11.6 Å². The van der Waals surface area contributed by atoms with Crippen LogP contribution in [0.3, 0.4) is 0 Å². The Morgan fingerprint density at radius 3 is 2.27 bits per heavy atom. The third kappa shape index (κ3) is 4.34. The maximum atomic E-state index is 13.0. The van der Waals surface area contributed by atoms with Crippen LogP contribution in [0.5, 0.6) is 0 Å². The first kappa shape index (κ1) is 18.2. The maximum absolute atomic E-state index is 13.0. The molecule has 0 bridgehead atoms. The molecule has 134 valence electrons. The predicted molar refractivity (Wildman–Crippen MR) is 98.9 cm³/mol. The molecule has 0 fully saturated rings. The molecular formula is C18H15FN2O3S2. The van der Waals surface area contributed by atoms with Crippen LogP contribution in [0.2, 0.25) is 0 Å². The van der Waals surface area contributed by atoms with Gasteiger partial charge in [0.05, 0.1) is 0 Å². The predicted octanol–water partition coefficient (Wildman–Crippen LogP) is 3.55. The van der Waals surface area contributed by atoms with Crippen LogP contribution in [0, 0.1) is 5.82 Å². The van der Waals surface area contributed by atoms with E-state index in [0.29, 0.717) is 11.3 Å². The van der Waals surface area contributed by atoms with Gasteiger partial charge >= 0.3 is 0 Å². The van der Waals surface area contributed by atoms with Gasteiger partial charge < -0.3 is 5.32 Å². The summed E-state index contributed by atoms with van der Waals surface area (Å²) in [5.74, 6) is -0.996. The first-order valence-electron chi connectivity index (χ1n) is 7.63. The average molecular weight is 390 g/mol. The van der Waals surface area contributed by atoms with E-state index in [1.165, 1.54) is 30.3 Å². The van der Waals surface area contributed by atoms with Gasteiger partial charge in [-0.1, -0.05) is 36.4 Å². The Bertz CT molecular complexity index is 973. The van der Waals surface area contributed by atoms with Crippen molar-refractivity contribution in [1.82, 2.24) is 4.72 Å². The van der Waals surface area contributed by atoms with Gasteiger partial charge in [0.25, 0.3) is 10.0 Å². The number of sulfonamides is 1. The molecule has 0 spiro atoms. The van der Waals surface area contributed by atoms with Crippen molar-refractivity contribution in [3.8, 4) is 0 Å². The van der Waals surface area contributed by atoms with Crippen LogP contribution >= 0.6 is 11.3 Å². The van der Waals surface area contributed by atoms with Crippen molar-refractivity contribution in [2.45, 2.75) is 10.3 Å². The first-order chi connectivity index (χ1) is 12.5. The summed E-state index contributed by atoms with van der Waals surface area (Å²) in [6.07, 6.45) is 0. The Kier molecular flexibility index (Phi) is 5.46. The number of nitrogens with one attached hydrogen (secondary N) is 2. The zero-order valence-corrected chi connectivity index (χ0v) is 15.1. The second kappa shape index (κ2) is 7.77. The molecule has 2 aromatic carbocycles. The average Bonchev–Trinajstić information content (AvgIpc) is 3.18. The number of hydrogen-bond acceptors (Lipinski definition) is 4. The first-order valence-corrected chi connectivity index (χ1v) is 9.99. The summed E-state index contributed by atoms with van der Waals surface area (Å²) in [6.45, 7) is 0. The molecule has 1 amide bonds. The molecule has 1 atom stereocenters. The van der Waals surface area contributed by atoms with Gasteiger partial charge in [0.15, 0.2) is 0 Å². The van der Waals surface area contributed by atoms with Crippen LogP contribution < -0.4 is 10.0 Å². The van der Waals surface area contributed by atoms with Crippen molar-refractivity contribution in [1.29, 1.82) is 0 Å². The van der Waals surface area contributed by atoms with Crippen LogP contribution in [0.25, 0.3) is 0 Å². The van der Waals surface area contributed by atoms with Gasteiger partial charge in [0, 0.05) is 5.69 Å². The van der Waals surface area contributed by atoms with Gasteiger partial charge in [-0.2, -0.15) is 4.72 Å². The van der Waals surface area contributed by atoms with Crippen molar-refractivity contribution in [2.24, 2.45) is 0 Å². The van der Waals surface area contributed by atoms with E-state index in [2.05, 4.69) is 10.0 Å². The fourth-order valence-corrected chi connectivity index (χ4v) is 4.49. The van der Waals surface area contributed by atoms with Crippen LogP contribution in [0.4, 0.5) is 10.1 Å². The monoisotopic (exact) mass is 390 g/mol. The number of carbonyl (C=O) groups is 1. The zero-order chi connectivity index (χ0) is 18.6. The van der Waals surface area contributed by atoms with E-state index < -0.39 is 27.8 Å². The molecule has 3 rings (SSSR count). The smallest absolute Gasteiger partial charge is 0.251 e. The lowest BCUT2D eigenvalue weighted by atomic mass is 10.1. The molecule has 26 heavy (non-hydrogen) atoms. The van der Waals surface area contributed by atoms with E-state index >= 15 is 0 Å². The zero-order valence-electron chi connectivity index (χ0n) is 13.4. The highest BCUT2D eigenvalue weighted by Crippen LogP contribution is 2.22. The van der Waals surface area contributed by atoms with E-state index in [4.69, 9.17) is 0 Å². The van der Waals surface area contributed by atoms with Crippen molar-refractivity contribution in [2.75, 3.05) is 5.32 Å². The Balaban J connectivity index is 1.88. The molecule has 0 radical (unpaired) electrons. The topological polar surface area (TPSA) is 75.3 Å². The molecule has 1 aromatic heterocycles. The second-order valence-corrected chi connectivity index (χ2v) is 8.28. The molecule has 5 nitrogen and oxygen atoms in total. The van der Waals surface area contributed by atoms with Gasteiger partial charge in [-0.3, -0.25) is 4.79 Å². The van der Waals surface area contributed by atoms with Crippen molar-refractivity contribution >= 4 is 33.0 Å². The fraction of sp³-hybridized carbons (Fsp3) is 0.0556. The summed E-state index contributed by atoms with van der Waals surface area (Å²) in [4.78, 5) is 12.7. The number of benzene rings is 2. The summed E-state index contributed by atoms with van der Waals surface area (Å²) < 4.78 is 40.7. The van der Waals surface area contributed by atoms with Gasteiger partial charge in [-0.15, -0.1) is 11.3 Å². The molecule has 3 aromatic rings. The summed E-state index contributed by atoms with van der Waals surface area (Å²) in [5.41, 5.74) is 0.861. The third-order valence-corrected chi connectivity index (χ3v) is 6.36. The minimum absolute atomic E-state index is 0.119. The third-order valence-electron chi connectivity index (χ3n) is 3.54. The highest BCUT2D eigenvalue weighted by molar-refractivity contribution is 7.91. The Labute approximate surface area is 154 Å². The van der Waals surface area contributed by atoms with E-state index in [0.717, 1.165) is 11.3 Å². The van der Waals surface area contributed by atoms with Gasteiger partial charge in [-0.25, -0.2) is 12.8 Å². The standard InChI is InChI=1S/C18H15FN2O3S2/c19-14-8-10-15(11-9-14)20-18(22)17(13-5-2-1-3-6-13)21-26(23,24)16-7-4-12-25-16/h1-12,17,21H,(H,20,22). The molecule has 0 aliphatic heterocycles. The van der Waals surface area contributed by atoms with Crippen LogP contribution in [-0.2, 0) is 14.8 Å². The number of carbonyl (C=O) groups excluding carboxylic acids is 1. The molecule has 0 saturated heterocycles. The number of hydrogen-bond donors (Lipinski definition) is 2. The molecular weight excluding hydrogens is 375 g/mol. The summed E-state index contributed by atoms with van der Waals surface area (Å²) in [7, 11) is -3.86. The van der Waals surface area contributed by atoms with E-state index in [-0.39, 0.29) is 4.21 Å². The normalized spacial score (nSPS) is 12.5. The van der Waals surface area contributed by atoms with Gasteiger partial charge in [0.1, 0.15) is 16.1 Å². The molecule has 0 aliphatic carbocycles. The Morgan fingerprint density at radius 1 is 0.962 bits per heavy atom. The summed E-state index contributed by atoms with van der Waals surface area (Å²) in [6, 6.07) is 15.7. The van der Waals surface area contributed by atoms with Crippen LogP contribution in [-0.4, -0.2) is 14.3 Å². The SMILES string of the molecule is O=C(Nc1ccc(F)cc1)C(NS(=O)(=O)c1cccs1)c1ccccc1. The lowest BCUT2D eigenvalue weighted by molar-refractivity contribution is -0.117. The molecule has 2 N–H and O–H groups in total. The van der Waals surface area contributed by atoms with E-state index in [9.17, 15) is 17.6 Å². The maximum Gasteiger partial charge on any atom is 0.251 e. The highest BCUT2D eigenvalue weighted by Gasteiger charge is 2.27. The minimum Gasteiger partial charge on any atom is -0.324 e. The number of halogens is 1. The van der Waals surface area contributed by atoms with Gasteiger partial charge in [0.2, 0.25) is 5.91 Å². The number of anilines is 1. The molecule has 8 heteroatoms. The van der Waals surface area contributed by atoms with Crippen LogP contribution in [0.15, 0.2) is 76.3 Å². The summed E-state index contributed by atoms with van der Waals surface area (Å²) >= 11 is 1.06. The quantitative estimate of drug-likeness (QED) is 0.676. The minimum atomic E-state index is -3.86. The van der Waals surface area contributed by atoms with E-state index in [1.807, 2.05) is 0 Å². The highest BCUT2D eigenvalue weighted by atomic mass is 32.2. The lowest BCUT2D eigenvalue weighted by Gasteiger charge is -2.18. The van der Waals surface area contributed by atoms with Crippen molar-refractivity contribution in [3.05, 3.63) is 83.5 Å². The molecule has 0 saturated carbocycles. The largest absolute Gasteiger partial charge is 0.324 e. The fourth-order valence-electron chi connectivity index (χ4n) is 2.30. The summed E-state index contributed by atoms with van der Waals surface area (Å²) in [5, 5.41) is 4.25.